The van der Waals surface area contributed by atoms with Crippen LogP contribution in [0.2, 0.25) is 0 Å². The number of amides is 1. The summed E-state index contributed by atoms with van der Waals surface area (Å²) in [5, 5.41) is 14.5. The minimum absolute atomic E-state index is 0.268. The molecule has 0 saturated heterocycles. The van der Waals surface area contributed by atoms with Gasteiger partial charge in [-0.1, -0.05) is 0 Å². The van der Waals surface area contributed by atoms with E-state index in [1.807, 2.05) is 0 Å². The summed E-state index contributed by atoms with van der Waals surface area (Å²) in [5.74, 6) is -1.20. The van der Waals surface area contributed by atoms with Crippen LogP contribution < -0.4 is 10.6 Å². The van der Waals surface area contributed by atoms with Gasteiger partial charge in [0.25, 0.3) is 5.91 Å². The second-order valence-electron chi connectivity index (χ2n) is 4.97. The van der Waals surface area contributed by atoms with Gasteiger partial charge in [-0.3, -0.25) is 9.59 Å². The van der Waals surface area contributed by atoms with Crippen LogP contribution >= 0.6 is 25.3 Å². The number of hydrogen-bond donors (Lipinski definition) is 5. The number of thiol groups is 2. The molecule has 7 heteroatoms. The summed E-state index contributed by atoms with van der Waals surface area (Å²) in [5.41, 5.74) is 1.73. The highest BCUT2D eigenvalue weighted by Crippen LogP contribution is 2.19. The third kappa shape index (κ3) is 4.94. The number of carboxylic acids is 1. The van der Waals surface area contributed by atoms with Gasteiger partial charge in [0.05, 0.1) is 0 Å². The molecule has 1 amide bonds. The van der Waals surface area contributed by atoms with Crippen LogP contribution in [-0.2, 0) is 4.79 Å². The molecule has 0 aliphatic carbocycles. The van der Waals surface area contributed by atoms with Gasteiger partial charge in [0.1, 0.15) is 6.04 Å². The number of carboxylic acid groups (broad SMARTS) is 1. The van der Waals surface area contributed by atoms with E-state index < -0.39 is 12.0 Å². The van der Waals surface area contributed by atoms with Crippen LogP contribution in [0.4, 0.5) is 11.4 Å². The topological polar surface area (TPSA) is 78.4 Å². The Morgan fingerprint density at radius 3 is 2.04 bits per heavy atom. The Balaban J connectivity index is 2.05. The highest BCUT2D eigenvalue weighted by Gasteiger charge is 2.11. The molecule has 0 heterocycles. The molecule has 2 rings (SSSR count). The van der Waals surface area contributed by atoms with Crippen LogP contribution in [0.1, 0.15) is 17.3 Å². The quantitative estimate of drug-likeness (QED) is 0.537. The minimum Gasteiger partial charge on any atom is -0.480 e. The van der Waals surface area contributed by atoms with E-state index in [4.69, 9.17) is 5.11 Å². The first-order chi connectivity index (χ1) is 10.8. The monoisotopic (exact) mass is 348 g/mol. The third-order valence-corrected chi connectivity index (χ3v) is 3.58. The van der Waals surface area contributed by atoms with Gasteiger partial charge in [-0.2, -0.15) is 0 Å². The molecule has 0 aliphatic heterocycles. The fourth-order valence-electron chi connectivity index (χ4n) is 1.89. The average molecular weight is 348 g/mol. The molecule has 23 heavy (non-hydrogen) atoms. The third-order valence-electron chi connectivity index (χ3n) is 3.06. The second kappa shape index (κ2) is 7.43. The van der Waals surface area contributed by atoms with Crippen LogP contribution in [0, 0.1) is 0 Å². The summed E-state index contributed by atoms with van der Waals surface area (Å²) in [6.45, 7) is 1.55. The van der Waals surface area contributed by atoms with Gasteiger partial charge in [0.2, 0.25) is 0 Å². The molecule has 1 atom stereocenters. The first kappa shape index (κ1) is 17.2. The summed E-state index contributed by atoms with van der Waals surface area (Å²) in [7, 11) is 0. The van der Waals surface area contributed by atoms with Crippen molar-refractivity contribution in [3.05, 3.63) is 48.0 Å². The number of benzene rings is 2. The second-order valence-corrected chi connectivity index (χ2v) is 6.01. The molecular weight excluding hydrogens is 332 g/mol. The summed E-state index contributed by atoms with van der Waals surface area (Å²) in [6.07, 6.45) is 0. The van der Waals surface area contributed by atoms with Crippen molar-refractivity contribution in [2.24, 2.45) is 0 Å². The molecule has 0 radical (unpaired) electrons. The SMILES string of the molecule is CC(Nc1ccc(NC(=O)c2cc(S)cc(S)c2)cc1)C(=O)O. The predicted molar refractivity (Wildman–Crippen MR) is 96.1 cm³/mol. The zero-order valence-electron chi connectivity index (χ0n) is 12.3. The maximum atomic E-state index is 12.2. The lowest BCUT2D eigenvalue weighted by atomic mass is 10.2. The molecule has 0 aliphatic rings. The highest BCUT2D eigenvalue weighted by atomic mass is 32.1. The highest BCUT2D eigenvalue weighted by molar-refractivity contribution is 7.81. The molecule has 2 aromatic rings. The Morgan fingerprint density at radius 2 is 1.52 bits per heavy atom. The van der Waals surface area contributed by atoms with Crippen LogP contribution in [0.25, 0.3) is 0 Å². The largest absolute Gasteiger partial charge is 0.480 e. The predicted octanol–water partition coefficient (Wildman–Crippen LogP) is 3.40. The van der Waals surface area contributed by atoms with Crippen LogP contribution in [0.3, 0.4) is 0 Å². The minimum atomic E-state index is -0.934. The van der Waals surface area contributed by atoms with Crippen molar-refractivity contribution in [2.75, 3.05) is 10.6 Å². The van der Waals surface area contributed by atoms with Gasteiger partial charge in [-0.05, 0) is 49.4 Å². The van der Waals surface area contributed by atoms with Crippen molar-refractivity contribution < 1.29 is 14.7 Å². The van der Waals surface area contributed by atoms with Gasteiger partial charge in [-0.25, -0.2) is 0 Å². The van der Waals surface area contributed by atoms with Crippen molar-refractivity contribution in [2.45, 2.75) is 22.8 Å². The Hall–Kier alpha value is -2.12. The maximum Gasteiger partial charge on any atom is 0.325 e. The van der Waals surface area contributed by atoms with E-state index in [0.29, 0.717) is 26.7 Å². The summed E-state index contributed by atoms with van der Waals surface area (Å²) in [4.78, 5) is 24.3. The van der Waals surface area contributed by atoms with E-state index in [0.717, 1.165) is 0 Å². The number of carbonyl (C=O) groups is 2. The first-order valence-electron chi connectivity index (χ1n) is 6.79. The maximum absolute atomic E-state index is 12.2. The van der Waals surface area contributed by atoms with E-state index in [2.05, 4.69) is 35.9 Å². The normalized spacial score (nSPS) is 11.6. The molecule has 0 aromatic heterocycles. The van der Waals surface area contributed by atoms with Crippen molar-refractivity contribution in [3.8, 4) is 0 Å². The Kier molecular flexibility index (Phi) is 5.57. The molecule has 120 valence electrons. The van der Waals surface area contributed by atoms with Gasteiger partial charge in [0, 0.05) is 26.7 Å². The molecule has 0 spiro atoms. The average Bonchev–Trinajstić information content (AvgIpc) is 2.48. The molecular formula is C16H16N2O3S2. The van der Waals surface area contributed by atoms with Crippen molar-refractivity contribution in [1.29, 1.82) is 0 Å². The zero-order valence-corrected chi connectivity index (χ0v) is 14.1. The number of nitrogens with one attached hydrogen (secondary N) is 2. The molecule has 3 N–H and O–H groups in total. The lowest BCUT2D eigenvalue weighted by molar-refractivity contribution is -0.137. The van der Waals surface area contributed by atoms with E-state index in [-0.39, 0.29) is 5.91 Å². The van der Waals surface area contributed by atoms with Crippen LogP contribution in [0.5, 0.6) is 0 Å². The lowest BCUT2D eigenvalue weighted by Crippen LogP contribution is -2.25. The number of aliphatic carboxylic acids is 1. The Morgan fingerprint density at radius 1 is 1.00 bits per heavy atom. The number of rotatable bonds is 5. The molecule has 2 aromatic carbocycles. The van der Waals surface area contributed by atoms with E-state index in [9.17, 15) is 9.59 Å². The van der Waals surface area contributed by atoms with Crippen LogP contribution in [-0.4, -0.2) is 23.0 Å². The van der Waals surface area contributed by atoms with Crippen LogP contribution in [0.15, 0.2) is 52.3 Å². The van der Waals surface area contributed by atoms with E-state index in [1.165, 1.54) is 0 Å². The van der Waals surface area contributed by atoms with Gasteiger partial charge >= 0.3 is 5.97 Å². The molecule has 0 saturated carbocycles. The zero-order chi connectivity index (χ0) is 17.0. The summed E-state index contributed by atoms with van der Waals surface area (Å²) < 4.78 is 0. The molecule has 0 fully saturated rings. The molecule has 1 unspecified atom stereocenters. The first-order valence-corrected chi connectivity index (χ1v) is 7.68. The van der Waals surface area contributed by atoms with Crippen molar-refractivity contribution >= 4 is 48.5 Å². The lowest BCUT2D eigenvalue weighted by Gasteiger charge is -2.12. The smallest absolute Gasteiger partial charge is 0.325 e. The Bertz CT molecular complexity index is 712. The number of hydrogen-bond acceptors (Lipinski definition) is 5. The van der Waals surface area contributed by atoms with Crippen molar-refractivity contribution in [3.63, 3.8) is 0 Å². The number of carbonyl (C=O) groups excluding carboxylic acids is 1. The standard InChI is InChI=1S/C16H16N2O3S2/c1-9(16(20)21)17-11-2-4-12(5-3-11)18-15(19)10-6-13(22)8-14(23)7-10/h2-9,17,22-23H,1H3,(H,18,19)(H,20,21). The fourth-order valence-corrected chi connectivity index (χ4v) is 2.55. The van der Waals surface area contributed by atoms with Gasteiger partial charge in [0.15, 0.2) is 0 Å². The summed E-state index contributed by atoms with van der Waals surface area (Å²) >= 11 is 8.44. The van der Waals surface area contributed by atoms with Gasteiger partial charge < -0.3 is 15.7 Å². The molecule has 0 bridgehead atoms. The van der Waals surface area contributed by atoms with Crippen molar-refractivity contribution in [1.82, 2.24) is 0 Å². The van der Waals surface area contributed by atoms with E-state index in [1.54, 1.807) is 49.4 Å². The van der Waals surface area contributed by atoms with E-state index >= 15 is 0 Å². The fraction of sp³-hybridized carbons (Fsp3) is 0.125. The molecule has 5 nitrogen and oxygen atoms in total. The number of anilines is 2. The Labute approximate surface area is 144 Å². The van der Waals surface area contributed by atoms with Gasteiger partial charge in [-0.15, -0.1) is 25.3 Å². The summed E-state index contributed by atoms with van der Waals surface area (Å²) in [6, 6.07) is 11.2.